The third kappa shape index (κ3) is 5.58. The van der Waals surface area contributed by atoms with Crippen LogP contribution in [0.25, 0.3) is 11.0 Å². The maximum atomic E-state index is 13.2. The number of carbonyl (C=O) groups excluding carboxylic acids is 1. The molecule has 0 atom stereocenters. The molecular formula is C26H26ClF3N4O4. The highest BCUT2D eigenvalue weighted by Crippen LogP contribution is 2.34. The number of ether oxygens (including phenoxy) is 1. The number of alkyl halides is 3. The number of pyridine rings is 1. The highest BCUT2D eigenvalue weighted by molar-refractivity contribution is 6.32. The fourth-order valence-electron chi connectivity index (χ4n) is 5.31. The Morgan fingerprint density at radius 3 is 2.61 bits per heavy atom. The predicted octanol–water partition coefficient (Wildman–Crippen LogP) is 4.32. The van der Waals surface area contributed by atoms with E-state index >= 15 is 0 Å². The Balaban J connectivity index is 1.35. The van der Waals surface area contributed by atoms with Gasteiger partial charge in [0.1, 0.15) is 11.4 Å². The van der Waals surface area contributed by atoms with Crippen LogP contribution >= 0.6 is 11.6 Å². The summed E-state index contributed by atoms with van der Waals surface area (Å²) in [4.78, 5) is 32.8. The number of piperidine rings is 1. The Morgan fingerprint density at radius 1 is 1.16 bits per heavy atom. The van der Waals surface area contributed by atoms with Gasteiger partial charge in [-0.15, -0.1) is 13.2 Å². The molecule has 12 heteroatoms. The third-order valence-electron chi connectivity index (χ3n) is 7.23. The average molecular weight is 551 g/mol. The summed E-state index contributed by atoms with van der Waals surface area (Å²) in [6, 6.07) is 8.00. The molecule has 0 spiro atoms. The Bertz CT molecular complexity index is 1370. The number of benzene rings is 1. The molecule has 0 bridgehead atoms. The zero-order valence-corrected chi connectivity index (χ0v) is 21.1. The topological polar surface area (TPSA) is 87.9 Å². The summed E-state index contributed by atoms with van der Waals surface area (Å²) in [5.41, 5.74) is 3.42. The van der Waals surface area contributed by atoms with Crippen LogP contribution in [0.3, 0.4) is 0 Å². The standard InChI is InChI=1S/C26H26ClF3N4O4/c27-20-12-16(3-4-22(20)38-26(28,29)30)13-34-21-14-33(11-7-18(21)19-2-1-8-31-24(19)34)23(35)15-32-9-5-17(6-10-32)25(36)37/h1-4,8,12,17H,5-7,9-11,13-15H2,(H,36,37). The van der Waals surface area contributed by atoms with Crippen LogP contribution in [0.4, 0.5) is 13.2 Å². The van der Waals surface area contributed by atoms with Crippen LogP contribution in [0, 0.1) is 5.92 Å². The Labute approximate surface area is 221 Å². The Morgan fingerprint density at radius 2 is 1.92 bits per heavy atom. The lowest BCUT2D eigenvalue weighted by molar-refractivity contribution is -0.274. The van der Waals surface area contributed by atoms with Gasteiger partial charge in [0.15, 0.2) is 0 Å². The van der Waals surface area contributed by atoms with E-state index in [0.29, 0.717) is 57.5 Å². The lowest BCUT2D eigenvalue weighted by Gasteiger charge is -2.33. The van der Waals surface area contributed by atoms with E-state index in [9.17, 15) is 27.9 Å². The minimum absolute atomic E-state index is 0.0223. The lowest BCUT2D eigenvalue weighted by atomic mass is 9.97. The summed E-state index contributed by atoms with van der Waals surface area (Å²) in [7, 11) is 0. The molecule has 5 rings (SSSR count). The van der Waals surface area contributed by atoms with Crippen molar-refractivity contribution in [2.75, 3.05) is 26.2 Å². The van der Waals surface area contributed by atoms with Gasteiger partial charge in [-0.3, -0.25) is 14.5 Å². The van der Waals surface area contributed by atoms with Gasteiger partial charge in [0.2, 0.25) is 5.91 Å². The molecule has 1 N–H and O–H groups in total. The van der Waals surface area contributed by atoms with Crippen LogP contribution in [-0.2, 0) is 29.1 Å². The van der Waals surface area contributed by atoms with E-state index < -0.39 is 18.1 Å². The molecule has 1 saturated heterocycles. The van der Waals surface area contributed by atoms with Crippen LogP contribution in [-0.4, -0.2) is 68.9 Å². The lowest BCUT2D eigenvalue weighted by Crippen LogP contribution is -2.45. The molecule has 1 fully saturated rings. The highest BCUT2D eigenvalue weighted by atomic mass is 35.5. The molecule has 8 nitrogen and oxygen atoms in total. The number of halogens is 4. The van der Waals surface area contributed by atoms with E-state index in [4.69, 9.17) is 11.6 Å². The van der Waals surface area contributed by atoms with Gasteiger partial charge in [0.05, 0.1) is 24.0 Å². The number of carboxylic acid groups (broad SMARTS) is 1. The normalized spacial score (nSPS) is 17.0. The number of hydrogen-bond acceptors (Lipinski definition) is 5. The predicted molar refractivity (Wildman–Crippen MR) is 133 cm³/mol. The smallest absolute Gasteiger partial charge is 0.481 e. The van der Waals surface area contributed by atoms with Gasteiger partial charge in [-0.05, 0) is 67.7 Å². The van der Waals surface area contributed by atoms with E-state index in [0.717, 1.165) is 22.3 Å². The number of likely N-dealkylation sites (tertiary alicyclic amines) is 1. The summed E-state index contributed by atoms with van der Waals surface area (Å²) in [6.07, 6.45) is -1.45. The van der Waals surface area contributed by atoms with Crippen LogP contribution in [0.15, 0.2) is 36.5 Å². The number of fused-ring (bicyclic) bond motifs is 3. The minimum atomic E-state index is -4.84. The Kier molecular flexibility index (Phi) is 7.23. The summed E-state index contributed by atoms with van der Waals surface area (Å²) in [5, 5.41) is 10.0. The molecule has 3 aromatic rings. The molecule has 0 unspecified atom stereocenters. The van der Waals surface area contributed by atoms with Gasteiger partial charge in [-0.25, -0.2) is 4.98 Å². The van der Waals surface area contributed by atoms with Gasteiger partial charge in [-0.2, -0.15) is 0 Å². The number of aromatic nitrogens is 2. The number of rotatable bonds is 6. The van der Waals surface area contributed by atoms with Crippen molar-refractivity contribution in [3.8, 4) is 5.75 Å². The van der Waals surface area contributed by atoms with Gasteiger partial charge >= 0.3 is 12.3 Å². The zero-order chi connectivity index (χ0) is 27.0. The maximum Gasteiger partial charge on any atom is 0.573 e. The summed E-state index contributed by atoms with van der Waals surface area (Å²) in [6.45, 7) is 2.61. The quantitative estimate of drug-likeness (QED) is 0.492. The first kappa shape index (κ1) is 26.3. The molecule has 1 aromatic carbocycles. The van der Waals surface area contributed by atoms with Crippen LogP contribution in [0.1, 0.15) is 29.7 Å². The molecule has 0 radical (unpaired) electrons. The minimum Gasteiger partial charge on any atom is -0.481 e. The van der Waals surface area contributed by atoms with E-state index in [2.05, 4.69) is 9.72 Å². The van der Waals surface area contributed by atoms with E-state index in [1.165, 1.54) is 18.2 Å². The first-order chi connectivity index (χ1) is 18.1. The second kappa shape index (κ2) is 10.5. The van der Waals surface area contributed by atoms with Crippen molar-refractivity contribution in [3.05, 3.63) is 58.4 Å². The highest BCUT2D eigenvalue weighted by Gasteiger charge is 2.33. The first-order valence-electron chi connectivity index (χ1n) is 12.3. The van der Waals surface area contributed by atoms with Crippen molar-refractivity contribution in [3.63, 3.8) is 0 Å². The number of amides is 1. The molecule has 2 aliphatic rings. The van der Waals surface area contributed by atoms with Crippen molar-refractivity contribution in [1.82, 2.24) is 19.4 Å². The van der Waals surface area contributed by atoms with Crippen LogP contribution < -0.4 is 4.74 Å². The fourth-order valence-corrected chi connectivity index (χ4v) is 5.55. The molecule has 1 amide bonds. The summed E-state index contributed by atoms with van der Waals surface area (Å²) in [5.74, 6) is -1.63. The van der Waals surface area contributed by atoms with Crippen molar-refractivity contribution >= 4 is 34.5 Å². The van der Waals surface area contributed by atoms with E-state index in [1.807, 2.05) is 21.6 Å². The molecule has 2 aliphatic heterocycles. The van der Waals surface area contributed by atoms with E-state index in [1.54, 1.807) is 11.1 Å². The second-order valence-corrected chi connectivity index (χ2v) is 10.1. The molecule has 202 valence electrons. The molecule has 0 aliphatic carbocycles. The third-order valence-corrected chi connectivity index (χ3v) is 7.52. The van der Waals surface area contributed by atoms with Crippen LogP contribution in [0.2, 0.25) is 5.02 Å². The molecule has 2 aromatic heterocycles. The second-order valence-electron chi connectivity index (χ2n) is 9.65. The van der Waals surface area contributed by atoms with Crippen molar-refractivity contribution in [2.45, 2.75) is 38.7 Å². The van der Waals surface area contributed by atoms with Crippen LogP contribution in [0.5, 0.6) is 5.75 Å². The number of aliphatic carboxylic acids is 1. The number of carboxylic acids is 1. The van der Waals surface area contributed by atoms with Crippen molar-refractivity contribution < 1.29 is 32.6 Å². The largest absolute Gasteiger partial charge is 0.573 e. The first-order valence-corrected chi connectivity index (χ1v) is 12.7. The summed E-state index contributed by atoms with van der Waals surface area (Å²) < 4.78 is 43.9. The number of nitrogens with zero attached hydrogens (tertiary/aromatic N) is 4. The monoisotopic (exact) mass is 550 g/mol. The molecule has 0 saturated carbocycles. The van der Waals surface area contributed by atoms with Gasteiger partial charge in [0, 0.05) is 30.4 Å². The number of carbonyl (C=O) groups is 2. The van der Waals surface area contributed by atoms with Crippen molar-refractivity contribution in [2.24, 2.45) is 5.92 Å². The zero-order valence-electron chi connectivity index (χ0n) is 20.4. The van der Waals surface area contributed by atoms with E-state index in [-0.39, 0.29) is 23.4 Å². The van der Waals surface area contributed by atoms with Gasteiger partial charge in [0.25, 0.3) is 0 Å². The van der Waals surface area contributed by atoms with Gasteiger partial charge < -0.3 is 19.3 Å². The fraction of sp³-hybridized carbons (Fsp3) is 0.423. The van der Waals surface area contributed by atoms with Crippen molar-refractivity contribution in [1.29, 1.82) is 0 Å². The SMILES string of the molecule is O=C(O)C1CCN(CC(=O)N2CCc3c(n(Cc4ccc(OC(F)(F)F)c(Cl)c4)c4ncccc34)C2)CC1. The average Bonchev–Trinajstić information content (AvgIpc) is 3.18. The summed E-state index contributed by atoms with van der Waals surface area (Å²) >= 11 is 6.08. The maximum absolute atomic E-state index is 13.2. The molecule has 38 heavy (non-hydrogen) atoms. The molecular weight excluding hydrogens is 525 g/mol. The Hall–Kier alpha value is -3.31. The number of hydrogen-bond donors (Lipinski definition) is 1. The van der Waals surface area contributed by atoms with Gasteiger partial charge in [-0.1, -0.05) is 17.7 Å². The molecule has 4 heterocycles.